The molecule has 0 saturated carbocycles. The molecule has 0 unspecified atom stereocenters. The number of carbonyl (C=O) groups is 1. The first-order valence-corrected chi connectivity index (χ1v) is 16.1. The molecule has 4 aromatic rings. The van der Waals surface area contributed by atoms with Crippen molar-refractivity contribution in [2.45, 2.75) is 65.6 Å². The van der Waals surface area contributed by atoms with Crippen LogP contribution >= 0.6 is 11.3 Å². The van der Waals surface area contributed by atoms with Crippen LogP contribution in [0.1, 0.15) is 58.8 Å². The zero-order chi connectivity index (χ0) is 30.3. The third kappa shape index (κ3) is 7.43. The average molecular weight is 598 g/mol. The van der Waals surface area contributed by atoms with Crippen LogP contribution in [-0.2, 0) is 6.54 Å². The Kier molecular flexibility index (Phi) is 10.1. The summed E-state index contributed by atoms with van der Waals surface area (Å²) in [5, 5.41) is 6.15. The van der Waals surface area contributed by atoms with Gasteiger partial charge in [-0.15, -0.1) is 11.3 Å². The van der Waals surface area contributed by atoms with E-state index in [2.05, 4.69) is 69.3 Å². The number of ether oxygens (including phenoxy) is 1. The fourth-order valence-electron chi connectivity index (χ4n) is 6.17. The summed E-state index contributed by atoms with van der Waals surface area (Å²) in [4.78, 5) is 27.1. The molecule has 1 aliphatic heterocycles. The molecule has 1 aliphatic rings. The normalized spacial score (nSPS) is 14.8. The van der Waals surface area contributed by atoms with Gasteiger partial charge in [0.25, 0.3) is 5.91 Å². The highest BCUT2D eigenvalue weighted by Crippen LogP contribution is 2.30. The number of carbonyl (C=O) groups excluding carboxylic acids is 1. The summed E-state index contributed by atoms with van der Waals surface area (Å²) in [6, 6.07) is 15.5. The monoisotopic (exact) mass is 597 g/mol. The molecule has 0 radical (unpaired) electrons. The van der Waals surface area contributed by atoms with Gasteiger partial charge in [-0.3, -0.25) is 9.78 Å². The maximum atomic E-state index is 13.2. The third-order valence-electron chi connectivity index (χ3n) is 8.74. The summed E-state index contributed by atoms with van der Waals surface area (Å²) in [6.45, 7) is 12.0. The van der Waals surface area contributed by atoms with Gasteiger partial charge in [0.2, 0.25) is 0 Å². The highest BCUT2D eigenvalue weighted by atomic mass is 32.1. The summed E-state index contributed by atoms with van der Waals surface area (Å²) < 4.78 is 5.41. The molecule has 0 bridgehead atoms. The van der Waals surface area contributed by atoms with Gasteiger partial charge in [0.05, 0.1) is 7.11 Å². The van der Waals surface area contributed by atoms with Gasteiger partial charge in [-0.1, -0.05) is 0 Å². The third-order valence-corrected chi connectivity index (χ3v) is 9.56. The van der Waals surface area contributed by atoms with Crippen LogP contribution in [0.3, 0.4) is 0 Å². The number of hydrogen-bond donors (Lipinski definition) is 1. The topological polar surface area (TPSA) is 70.6 Å². The van der Waals surface area contributed by atoms with Crippen LogP contribution in [0.25, 0.3) is 10.6 Å². The molecule has 0 aliphatic carbocycles. The predicted octanol–water partition coefficient (Wildman–Crippen LogP) is 6.82. The molecule has 1 amide bonds. The van der Waals surface area contributed by atoms with Gasteiger partial charge < -0.3 is 19.9 Å². The molecule has 8 heteroatoms. The van der Waals surface area contributed by atoms with Gasteiger partial charge in [0, 0.05) is 79.0 Å². The Morgan fingerprint density at radius 1 is 1.07 bits per heavy atom. The first-order valence-electron chi connectivity index (χ1n) is 15.2. The zero-order valence-corrected chi connectivity index (χ0v) is 26.8. The molecule has 1 atom stereocenters. The number of anilines is 1. The molecule has 1 saturated heterocycles. The van der Waals surface area contributed by atoms with Gasteiger partial charge in [-0.25, -0.2) is 4.98 Å². The lowest BCUT2D eigenvalue weighted by atomic mass is 9.98. The number of methoxy groups -OCH3 is 1. The van der Waals surface area contributed by atoms with Crippen LogP contribution < -0.4 is 15.0 Å². The maximum Gasteiger partial charge on any atom is 0.251 e. The number of aryl methyl sites for hydroxylation is 3. The van der Waals surface area contributed by atoms with E-state index in [-0.39, 0.29) is 5.91 Å². The van der Waals surface area contributed by atoms with Crippen molar-refractivity contribution in [2.75, 3.05) is 31.6 Å². The summed E-state index contributed by atoms with van der Waals surface area (Å²) in [6.07, 6.45) is 8.77. The Labute approximate surface area is 259 Å². The fourth-order valence-corrected chi connectivity index (χ4v) is 6.79. The molecule has 1 N–H and O–H groups in total. The Balaban J connectivity index is 1.16. The van der Waals surface area contributed by atoms with Crippen molar-refractivity contribution >= 4 is 22.9 Å². The number of piperidine rings is 1. The lowest BCUT2D eigenvalue weighted by Gasteiger charge is -2.42. The summed E-state index contributed by atoms with van der Waals surface area (Å²) in [5.74, 6) is 0.877. The summed E-state index contributed by atoms with van der Waals surface area (Å²) in [5.41, 5.74) is 7.55. The van der Waals surface area contributed by atoms with Crippen LogP contribution in [-0.4, -0.2) is 59.6 Å². The number of benzene rings is 2. The van der Waals surface area contributed by atoms with Gasteiger partial charge in [-0.2, -0.15) is 0 Å². The number of likely N-dealkylation sites (tertiary alicyclic amines) is 1. The Morgan fingerprint density at radius 3 is 2.42 bits per heavy atom. The number of nitrogens with one attached hydrogen (secondary N) is 1. The lowest BCUT2D eigenvalue weighted by Crippen LogP contribution is -2.48. The second kappa shape index (κ2) is 14.1. The Bertz CT molecular complexity index is 1470. The molecule has 1 fully saturated rings. The van der Waals surface area contributed by atoms with E-state index in [0.29, 0.717) is 18.6 Å². The molecule has 2 aromatic heterocycles. The smallest absolute Gasteiger partial charge is 0.251 e. The fraction of sp³-hybridized carbons (Fsp3) is 0.400. The van der Waals surface area contributed by atoms with Crippen molar-refractivity contribution in [3.8, 4) is 16.3 Å². The molecule has 0 spiro atoms. The Hall–Kier alpha value is -3.75. The van der Waals surface area contributed by atoms with E-state index in [9.17, 15) is 4.79 Å². The van der Waals surface area contributed by atoms with Crippen molar-refractivity contribution in [1.82, 2.24) is 20.2 Å². The van der Waals surface area contributed by atoms with Crippen LogP contribution in [0.4, 0.5) is 5.69 Å². The van der Waals surface area contributed by atoms with Gasteiger partial charge in [0.15, 0.2) is 0 Å². The SMILES string of the molecule is COc1ccc(N(Cc2cnccc2C)C2CCN([C@H](C)CCNC(=O)c3c(C)cc(-c4nccs4)cc3C)CC2)cc1. The van der Waals surface area contributed by atoms with E-state index in [1.165, 1.54) is 16.8 Å². The van der Waals surface area contributed by atoms with Crippen LogP contribution in [0, 0.1) is 20.8 Å². The zero-order valence-electron chi connectivity index (χ0n) is 26.0. The maximum absolute atomic E-state index is 13.2. The summed E-state index contributed by atoms with van der Waals surface area (Å²) >= 11 is 1.61. The van der Waals surface area contributed by atoms with Crippen molar-refractivity contribution in [3.05, 3.63) is 94.3 Å². The van der Waals surface area contributed by atoms with Crippen LogP contribution in [0.15, 0.2) is 66.4 Å². The summed E-state index contributed by atoms with van der Waals surface area (Å²) in [7, 11) is 1.71. The quantitative estimate of drug-likeness (QED) is 0.205. The number of aromatic nitrogens is 2. The van der Waals surface area contributed by atoms with Crippen LogP contribution in [0.5, 0.6) is 5.75 Å². The van der Waals surface area contributed by atoms with Crippen molar-refractivity contribution in [1.29, 1.82) is 0 Å². The molecule has 2 aromatic carbocycles. The second-order valence-corrected chi connectivity index (χ2v) is 12.5. The second-order valence-electron chi connectivity index (χ2n) is 11.6. The molecule has 7 nitrogen and oxygen atoms in total. The molecule has 43 heavy (non-hydrogen) atoms. The van der Waals surface area contributed by atoms with Gasteiger partial charge >= 0.3 is 0 Å². The first-order chi connectivity index (χ1) is 20.8. The van der Waals surface area contributed by atoms with Crippen molar-refractivity contribution in [3.63, 3.8) is 0 Å². The number of hydrogen-bond acceptors (Lipinski definition) is 7. The number of pyridine rings is 1. The molecule has 226 valence electrons. The molecular weight excluding hydrogens is 554 g/mol. The van der Waals surface area contributed by atoms with E-state index in [1.54, 1.807) is 18.4 Å². The lowest BCUT2D eigenvalue weighted by molar-refractivity contribution is 0.0944. The minimum absolute atomic E-state index is 0.00688. The van der Waals surface area contributed by atoms with Crippen molar-refractivity contribution < 1.29 is 9.53 Å². The van der Waals surface area contributed by atoms with E-state index in [1.807, 2.05) is 50.0 Å². The molecule has 3 heterocycles. The average Bonchev–Trinajstić information content (AvgIpc) is 3.56. The predicted molar refractivity (Wildman–Crippen MR) is 176 cm³/mol. The van der Waals surface area contributed by atoms with Gasteiger partial charge in [-0.05, 0) is 112 Å². The largest absolute Gasteiger partial charge is 0.497 e. The minimum atomic E-state index is 0.00688. The van der Waals surface area contributed by atoms with Gasteiger partial charge in [0.1, 0.15) is 10.8 Å². The molecule has 5 rings (SSSR count). The first kappa shape index (κ1) is 30.7. The van der Waals surface area contributed by atoms with Crippen molar-refractivity contribution in [2.24, 2.45) is 0 Å². The Morgan fingerprint density at radius 2 is 1.79 bits per heavy atom. The number of nitrogens with zero attached hydrogens (tertiary/aromatic N) is 4. The van der Waals surface area contributed by atoms with E-state index < -0.39 is 0 Å². The standard InChI is InChI=1S/C35H43N5O2S/c1-24-10-14-36-22-29(24)23-40(30-6-8-32(42-5)9-7-30)31-12-17-39(18-13-31)27(4)11-15-37-34(41)33-25(2)20-28(21-26(33)3)35-38-16-19-43-35/h6-10,14,16,19-22,27,31H,11-13,15,17-18,23H2,1-5H3,(H,37,41)/t27-/m1/s1. The number of amides is 1. The van der Waals surface area contributed by atoms with E-state index >= 15 is 0 Å². The van der Waals surface area contributed by atoms with E-state index in [4.69, 9.17) is 4.74 Å². The number of rotatable bonds is 11. The van der Waals surface area contributed by atoms with Crippen LogP contribution in [0.2, 0.25) is 0 Å². The van der Waals surface area contributed by atoms with E-state index in [0.717, 1.165) is 71.9 Å². The highest BCUT2D eigenvalue weighted by molar-refractivity contribution is 7.13. The minimum Gasteiger partial charge on any atom is -0.497 e. The molecular formula is C35H43N5O2S. The number of thiazole rings is 1. The highest BCUT2D eigenvalue weighted by Gasteiger charge is 2.28.